The molecule has 0 aromatic carbocycles. The number of nitrogens with zero attached hydrogens (tertiary/aromatic N) is 1. The summed E-state index contributed by atoms with van der Waals surface area (Å²) in [5.41, 5.74) is 1.56. The fourth-order valence-electron chi connectivity index (χ4n) is 2.90. The van der Waals surface area contributed by atoms with Crippen molar-refractivity contribution >= 4 is 11.3 Å². The minimum Gasteiger partial charge on any atom is -0.378 e. The van der Waals surface area contributed by atoms with Crippen LogP contribution < -0.4 is 5.32 Å². The predicted molar refractivity (Wildman–Crippen MR) is 90.1 cm³/mol. The van der Waals surface area contributed by atoms with Gasteiger partial charge in [0.15, 0.2) is 0 Å². The molecule has 21 heavy (non-hydrogen) atoms. The third kappa shape index (κ3) is 4.05. The molecule has 2 rings (SSSR count). The second kappa shape index (κ2) is 6.76. The van der Waals surface area contributed by atoms with Gasteiger partial charge in [-0.1, -0.05) is 27.7 Å². The lowest BCUT2D eigenvalue weighted by atomic mass is 9.78. The quantitative estimate of drug-likeness (QED) is 0.812. The van der Waals surface area contributed by atoms with Crippen LogP contribution in [0.25, 0.3) is 0 Å². The molecule has 1 fully saturated rings. The first kappa shape index (κ1) is 16.9. The molecule has 3 nitrogen and oxygen atoms in total. The number of nitrogens with one attached hydrogen (secondary N) is 1. The van der Waals surface area contributed by atoms with Gasteiger partial charge >= 0.3 is 0 Å². The zero-order valence-corrected chi connectivity index (χ0v) is 15.0. The number of thiazole rings is 1. The highest BCUT2D eigenvalue weighted by Crippen LogP contribution is 2.39. The topological polar surface area (TPSA) is 34.2 Å². The molecule has 1 N–H and O–H groups in total. The molecule has 1 aliphatic heterocycles. The van der Waals surface area contributed by atoms with Crippen LogP contribution >= 0.6 is 11.3 Å². The molecule has 0 aliphatic carbocycles. The second-order valence-electron chi connectivity index (χ2n) is 7.36. The van der Waals surface area contributed by atoms with Gasteiger partial charge in [-0.3, -0.25) is 0 Å². The summed E-state index contributed by atoms with van der Waals surface area (Å²) in [5, 5.41) is 7.09. The van der Waals surface area contributed by atoms with Gasteiger partial charge in [-0.2, -0.15) is 0 Å². The van der Waals surface area contributed by atoms with E-state index in [1.165, 1.54) is 17.1 Å². The third-order valence-electron chi connectivity index (χ3n) is 4.56. The lowest BCUT2D eigenvalue weighted by molar-refractivity contribution is 0.0630. The maximum Gasteiger partial charge on any atom is 0.0935 e. The summed E-state index contributed by atoms with van der Waals surface area (Å²) >= 11 is 1.81. The first-order valence-electron chi connectivity index (χ1n) is 8.14. The van der Waals surface area contributed by atoms with E-state index in [2.05, 4.69) is 45.3 Å². The van der Waals surface area contributed by atoms with E-state index in [1.807, 2.05) is 11.3 Å². The maximum atomic E-state index is 5.88. The summed E-state index contributed by atoms with van der Waals surface area (Å²) in [4.78, 5) is 4.89. The van der Waals surface area contributed by atoms with E-state index < -0.39 is 0 Å². The molecule has 120 valence electrons. The Hall–Kier alpha value is -0.450. The van der Waals surface area contributed by atoms with Crippen LogP contribution in [-0.4, -0.2) is 30.8 Å². The van der Waals surface area contributed by atoms with Gasteiger partial charge in [0.05, 0.1) is 16.8 Å². The Bertz CT molecular complexity index is 452. The molecule has 0 saturated carbocycles. The van der Waals surface area contributed by atoms with Gasteiger partial charge in [-0.25, -0.2) is 4.98 Å². The van der Waals surface area contributed by atoms with Gasteiger partial charge in [-0.05, 0) is 26.3 Å². The van der Waals surface area contributed by atoms with Crippen molar-refractivity contribution in [3.8, 4) is 0 Å². The number of hydrogen-bond acceptors (Lipinski definition) is 4. The van der Waals surface area contributed by atoms with Gasteiger partial charge in [0.25, 0.3) is 0 Å². The zero-order chi connectivity index (χ0) is 15.5. The van der Waals surface area contributed by atoms with Crippen LogP contribution in [0.3, 0.4) is 0 Å². The number of hydrogen-bond donors (Lipinski definition) is 1. The van der Waals surface area contributed by atoms with E-state index in [-0.39, 0.29) is 10.8 Å². The molecule has 4 heteroatoms. The summed E-state index contributed by atoms with van der Waals surface area (Å²) in [6.07, 6.45) is 3.65. The van der Waals surface area contributed by atoms with Crippen LogP contribution in [-0.2, 0) is 16.6 Å². The molecule has 2 unspecified atom stereocenters. The van der Waals surface area contributed by atoms with Crippen molar-refractivity contribution in [2.24, 2.45) is 5.41 Å². The van der Waals surface area contributed by atoms with Crippen molar-refractivity contribution in [3.63, 3.8) is 0 Å². The van der Waals surface area contributed by atoms with E-state index >= 15 is 0 Å². The van der Waals surface area contributed by atoms with Crippen molar-refractivity contribution < 1.29 is 4.74 Å². The molecule has 2 atom stereocenters. The lowest BCUT2D eigenvalue weighted by Crippen LogP contribution is -2.41. The minimum absolute atomic E-state index is 0.139. The standard InChI is InChI=1S/C17H30N2OS/c1-6-8-18-12-17(7-9-20-13(17)2)10-15-19-14(11-21-15)16(3,4)5/h11,13,18H,6-10,12H2,1-5H3. The number of ether oxygens (including phenoxy) is 1. The summed E-state index contributed by atoms with van der Waals surface area (Å²) in [6.45, 7) is 14.1. The molecule has 2 heterocycles. The summed E-state index contributed by atoms with van der Waals surface area (Å²) < 4.78 is 5.88. The Morgan fingerprint density at radius 3 is 2.76 bits per heavy atom. The molecule has 0 radical (unpaired) electrons. The van der Waals surface area contributed by atoms with Gasteiger partial charge in [0.2, 0.25) is 0 Å². The number of aromatic nitrogens is 1. The van der Waals surface area contributed by atoms with E-state index in [1.54, 1.807) is 0 Å². The average Bonchev–Trinajstić information content (AvgIpc) is 2.99. The van der Waals surface area contributed by atoms with Gasteiger partial charge in [0.1, 0.15) is 0 Å². The monoisotopic (exact) mass is 310 g/mol. The highest BCUT2D eigenvalue weighted by molar-refractivity contribution is 7.09. The van der Waals surface area contributed by atoms with Crippen molar-refractivity contribution in [2.45, 2.75) is 65.4 Å². The summed E-state index contributed by atoms with van der Waals surface area (Å²) in [6, 6.07) is 0. The Morgan fingerprint density at radius 2 is 2.24 bits per heavy atom. The molecular formula is C17H30N2OS. The Labute approximate surface area is 133 Å². The lowest BCUT2D eigenvalue weighted by Gasteiger charge is -2.32. The zero-order valence-electron chi connectivity index (χ0n) is 14.2. The van der Waals surface area contributed by atoms with Gasteiger partial charge in [0, 0.05) is 35.8 Å². The molecule has 1 aliphatic rings. The second-order valence-corrected chi connectivity index (χ2v) is 8.30. The van der Waals surface area contributed by atoms with Crippen molar-refractivity contribution in [3.05, 3.63) is 16.1 Å². The molecule has 1 saturated heterocycles. The van der Waals surface area contributed by atoms with Crippen LogP contribution in [0.5, 0.6) is 0 Å². The highest BCUT2D eigenvalue weighted by atomic mass is 32.1. The molecule has 0 spiro atoms. The SMILES string of the molecule is CCCNCC1(Cc2nc(C(C)(C)C)cs2)CCOC1C. The molecule has 1 aromatic rings. The van der Waals surface area contributed by atoms with Gasteiger partial charge < -0.3 is 10.1 Å². The first-order valence-corrected chi connectivity index (χ1v) is 9.02. The van der Waals surface area contributed by atoms with Crippen molar-refractivity contribution in [1.29, 1.82) is 0 Å². The van der Waals surface area contributed by atoms with Crippen LogP contribution in [0.1, 0.15) is 58.2 Å². The Kier molecular flexibility index (Phi) is 5.44. The molecule has 0 bridgehead atoms. The summed E-state index contributed by atoms with van der Waals surface area (Å²) in [7, 11) is 0. The Morgan fingerprint density at radius 1 is 1.48 bits per heavy atom. The number of rotatable bonds is 6. The summed E-state index contributed by atoms with van der Waals surface area (Å²) in [5.74, 6) is 0. The van der Waals surface area contributed by atoms with Crippen molar-refractivity contribution in [1.82, 2.24) is 10.3 Å². The van der Waals surface area contributed by atoms with Crippen LogP contribution in [0.2, 0.25) is 0 Å². The van der Waals surface area contributed by atoms with E-state index in [0.29, 0.717) is 6.10 Å². The fourth-order valence-corrected chi connectivity index (χ4v) is 4.07. The normalized spacial score (nSPS) is 26.4. The molecule has 0 amide bonds. The van der Waals surface area contributed by atoms with E-state index in [4.69, 9.17) is 9.72 Å². The van der Waals surface area contributed by atoms with E-state index in [9.17, 15) is 0 Å². The van der Waals surface area contributed by atoms with Crippen molar-refractivity contribution in [2.75, 3.05) is 19.7 Å². The van der Waals surface area contributed by atoms with Crippen LogP contribution in [0, 0.1) is 5.41 Å². The first-order chi connectivity index (χ1) is 9.87. The fraction of sp³-hybridized carbons (Fsp3) is 0.824. The average molecular weight is 311 g/mol. The van der Waals surface area contributed by atoms with Gasteiger partial charge in [-0.15, -0.1) is 11.3 Å². The van der Waals surface area contributed by atoms with Crippen LogP contribution in [0.4, 0.5) is 0 Å². The predicted octanol–water partition coefficient (Wildman–Crippen LogP) is 3.78. The minimum atomic E-state index is 0.139. The highest BCUT2D eigenvalue weighted by Gasteiger charge is 2.42. The largest absolute Gasteiger partial charge is 0.378 e. The maximum absolute atomic E-state index is 5.88. The third-order valence-corrected chi connectivity index (χ3v) is 5.41. The Balaban J connectivity index is 2.10. The van der Waals surface area contributed by atoms with E-state index in [0.717, 1.165) is 32.5 Å². The molecule has 1 aromatic heterocycles. The smallest absolute Gasteiger partial charge is 0.0935 e. The van der Waals surface area contributed by atoms with Crippen LogP contribution in [0.15, 0.2) is 5.38 Å². The molecular weight excluding hydrogens is 280 g/mol.